The second kappa shape index (κ2) is 32.0. The quantitative estimate of drug-likeness (QED) is 0.475. The predicted molar refractivity (Wildman–Crippen MR) is 142 cm³/mol. The number of carbonyl (C=O) groups is 1. The van der Waals surface area contributed by atoms with Gasteiger partial charge in [0.1, 0.15) is 0 Å². The Labute approximate surface area is 193 Å². The Kier molecular flexibility index (Phi) is 43.9. The van der Waals surface area contributed by atoms with Crippen molar-refractivity contribution in [3.05, 3.63) is 24.5 Å². The van der Waals surface area contributed by atoms with Crippen LogP contribution in [0.25, 0.3) is 0 Å². The number of aliphatic imine (C=N–C) groups is 3. The lowest BCUT2D eigenvalue weighted by Crippen LogP contribution is -2.17. The Morgan fingerprint density at radius 2 is 1.26 bits per heavy atom. The minimum absolute atomic E-state index is 0. The maximum Gasteiger partial charge on any atom is 0.216 e. The molecule has 0 fully saturated rings. The average Bonchev–Trinajstić information content (AvgIpc) is 3.19. The van der Waals surface area contributed by atoms with Gasteiger partial charge in [0.15, 0.2) is 5.90 Å². The third kappa shape index (κ3) is 52.2. The maximum absolute atomic E-state index is 9.70. The predicted octanol–water partition coefficient (Wildman–Crippen LogP) is 4.42. The number of hydrogen-bond acceptors (Lipinski definition) is 5. The van der Waals surface area contributed by atoms with Crippen LogP contribution in [0, 0.1) is 0 Å². The van der Waals surface area contributed by atoms with Gasteiger partial charge >= 0.3 is 0 Å². The molecule has 0 unspecified atom stereocenters. The number of amidine groups is 1. The average molecular weight is 445 g/mol. The summed E-state index contributed by atoms with van der Waals surface area (Å²) in [6.07, 6.45) is 4.00. The van der Waals surface area contributed by atoms with Gasteiger partial charge in [-0.05, 0) is 32.9 Å². The van der Waals surface area contributed by atoms with Crippen molar-refractivity contribution >= 4 is 23.4 Å². The molecule has 0 saturated carbocycles. The molecule has 0 aliphatic heterocycles. The van der Waals surface area contributed by atoms with Crippen LogP contribution >= 0.6 is 0 Å². The largest absolute Gasteiger partial charge is 0.485 e. The topological polar surface area (TPSA) is 83.6 Å². The van der Waals surface area contributed by atoms with Crippen molar-refractivity contribution in [2.45, 2.75) is 49.5 Å². The van der Waals surface area contributed by atoms with E-state index in [9.17, 15) is 4.79 Å². The number of hydrogen-bond donors (Lipinski definition) is 1. The third-order valence-corrected chi connectivity index (χ3v) is 3.13. The zero-order valence-electron chi connectivity index (χ0n) is 20.9. The SMILES string of the molecule is C.C.CN=C(C)C.CN=C(C)N(C)C.CN=C(C)OC.CNC(C)=O.Cn1cccc1. The smallest absolute Gasteiger partial charge is 0.216 e. The van der Waals surface area contributed by atoms with Crippen LogP contribution in [-0.4, -0.2) is 82.2 Å². The van der Waals surface area contributed by atoms with Crippen molar-refractivity contribution < 1.29 is 9.53 Å². The highest BCUT2D eigenvalue weighted by Crippen LogP contribution is 1.80. The summed E-state index contributed by atoms with van der Waals surface area (Å²) in [6.45, 7) is 9.19. The summed E-state index contributed by atoms with van der Waals surface area (Å²) in [5.41, 5.74) is 1.13. The molecule has 1 rings (SSSR count). The minimum Gasteiger partial charge on any atom is -0.485 e. The summed E-state index contributed by atoms with van der Waals surface area (Å²) in [5.74, 6) is 1.78. The maximum atomic E-state index is 9.70. The van der Waals surface area contributed by atoms with Crippen LogP contribution in [0.4, 0.5) is 0 Å². The molecule has 0 aliphatic carbocycles. The Morgan fingerprint density at radius 3 is 1.29 bits per heavy atom. The van der Waals surface area contributed by atoms with E-state index in [1.165, 1.54) is 6.92 Å². The van der Waals surface area contributed by atoms with Gasteiger partial charge in [-0.2, -0.15) is 0 Å². The van der Waals surface area contributed by atoms with Crippen molar-refractivity contribution in [3.63, 3.8) is 0 Å². The number of carbonyl (C=O) groups excluding carboxylic acids is 1. The van der Waals surface area contributed by atoms with E-state index in [-0.39, 0.29) is 20.8 Å². The first kappa shape index (κ1) is 42.5. The molecule has 1 heterocycles. The standard InChI is InChI=1S/C5H12N2.C5H7N.C4H9NO.C4H9N.C3H7NO.2CH4/c1-5(6-2)7(3)4;1-6-4-2-3-5-6;1-4(5-2)6-3;1-4(2)5-3;1-3(5)4-2;;/h1-4H3;2-5H,1H3;1-3H3;1-3H3;1-2H3,(H,4,5);2*1H4. The van der Waals surface area contributed by atoms with Gasteiger partial charge in [0.25, 0.3) is 0 Å². The van der Waals surface area contributed by atoms with Crippen molar-refractivity contribution in [1.29, 1.82) is 0 Å². The van der Waals surface area contributed by atoms with Crippen LogP contribution in [0.15, 0.2) is 39.5 Å². The van der Waals surface area contributed by atoms with Gasteiger partial charge in [0, 0.05) is 81.3 Å². The van der Waals surface area contributed by atoms with E-state index in [2.05, 4.69) is 25.0 Å². The molecule has 0 spiro atoms. The molecular weight excluding hydrogens is 392 g/mol. The minimum atomic E-state index is 0. The fraction of sp³-hybridized carbons (Fsp3) is 0.652. The first-order valence-electron chi connectivity index (χ1n) is 9.16. The van der Waals surface area contributed by atoms with E-state index in [1.807, 2.05) is 75.9 Å². The first-order valence-corrected chi connectivity index (χ1v) is 9.16. The number of ether oxygens (including phenoxy) is 1. The molecule has 0 bridgehead atoms. The van der Waals surface area contributed by atoms with E-state index < -0.39 is 0 Å². The zero-order chi connectivity index (χ0) is 23.8. The fourth-order valence-electron chi connectivity index (χ4n) is 0.712. The van der Waals surface area contributed by atoms with Crippen LogP contribution in [0.5, 0.6) is 0 Å². The number of methoxy groups -OCH3 is 1. The number of aromatic nitrogens is 1. The summed E-state index contributed by atoms with van der Waals surface area (Å²) in [4.78, 5) is 23.1. The number of nitrogens with zero attached hydrogens (tertiary/aromatic N) is 5. The van der Waals surface area contributed by atoms with Gasteiger partial charge in [0.05, 0.1) is 12.9 Å². The second-order valence-electron chi connectivity index (χ2n) is 5.94. The Morgan fingerprint density at radius 1 is 0.903 bits per heavy atom. The van der Waals surface area contributed by atoms with Crippen molar-refractivity contribution in [1.82, 2.24) is 14.8 Å². The molecule has 1 aromatic heterocycles. The van der Waals surface area contributed by atoms with Crippen molar-refractivity contribution in [3.8, 4) is 0 Å². The van der Waals surface area contributed by atoms with Gasteiger partial charge in [0.2, 0.25) is 5.91 Å². The van der Waals surface area contributed by atoms with Crippen LogP contribution in [0.2, 0.25) is 0 Å². The van der Waals surface area contributed by atoms with Crippen LogP contribution in [0.3, 0.4) is 0 Å². The Hall–Kier alpha value is -2.64. The highest BCUT2D eigenvalue weighted by Gasteiger charge is 1.85. The highest BCUT2D eigenvalue weighted by molar-refractivity contribution is 5.79. The van der Waals surface area contributed by atoms with Crippen molar-refractivity contribution in [2.24, 2.45) is 22.0 Å². The summed E-state index contributed by atoms with van der Waals surface area (Å²) in [7, 11) is 14.4. The first-order chi connectivity index (χ1) is 13.4. The summed E-state index contributed by atoms with van der Waals surface area (Å²) in [6, 6.07) is 4.00. The lowest BCUT2D eigenvalue weighted by Gasteiger charge is -2.08. The normalized spacial score (nSPS) is 8.81. The Balaban J connectivity index is -0.0000000624. The van der Waals surface area contributed by atoms with Crippen LogP contribution < -0.4 is 5.32 Å². The molecule has 0 atom stereocenters. The number of amides is 1. The Bertz CT molecular complexity index is 559. The lowest BCUT2D eigenvalue weighted by molar-refractivity contribution is -0.118. The number of aryl methyl sites for hydroxylation is 1. The van der Waals surface area contributed by atoms with E-state index in [0.717, 1.165) is 17.4 Å². The van der Waals surface area contributed by atoms with E-state index >= 15 is 0 Å². The van der Waals surface area contributed by atoms with Gasteiger partial charge in [-0.3, -0.25) is 19.8 Å². The molecular formula is C23H52N6O2. The zero-order valence-corrected chi connectivity index (χ0v) is 20.9. The molecule has 1 amide bonds. The summed E-state index contributed by atoms with van der Waals surface area (Å²) >= 11 is 0. The summed E-state index contributed by atoms with van der Waals surface area (Å²) < 4.78 is 6.65. The van der Waals surface area contributed by atoms with E-state index in [4.69, 9.17) is 0 Å². The molecule has 8 nitrogen and oxygen atoms in total. The second-order valence-corrected chi connectivity index (χ2v) is 5.94. The molecule has 0 radical (unpaired) electrons. The number of rotatable bonds is 0. The molecule has 0 saturated heterocycles. The highest BCUT2D eigenvalue weighted by atomic mass is 16.5. The van der Waals surface area contributed by atoms with E-state index in [0.29, 0.717) is 0 Å². The molecule has 186 valence electrons. The van der Waals surface area contributed by atoms with Gasteiger partial charge in [-0.25, -0.2) is 0 Å². The van der Waals surface area contributed by atoms with Crippen molar-refractivity contribution in [2.75, 3.05) is 49.4 Å². The van der Waals surface area contributed by atoms with Gasteiger partial charge in [-0.1, -0.05) is 14.9 Å². The monoisotopic (exact) mass is 444 g/mol. The molecule has 1 aromatic rings. The molecule has 0 aliphatic rings. The van der Waals surface area contributed by atoms with Gasteiger partial charge in [-0.15, -0.1) is 0 Å². The summed E-state index contributed by atoms with van der Waals surface area (Å²) in [5, 5.41) is 2.39. The fourth-order valence-corrected chi connectivity index (χ4v) is 0.712. The molecule has 31 heavy (non-hydrogen) atoms. The molecule has 1 N–H and O–H groups in total. The molecule has 8 heteroatoms. The van der Waals surface area contributed by atoms with Gasteiger partial charge < -0.3 is 19.5 Å². The number of nitrogens with one attached hydrogen (secondary N) is 1. The van der Waals surface area contributed by atoms with E-state index in [1.54, 1.807) is 42.2 Å². The van der Waals surface area contributed by atoms with Crippen LogP contribution in [0.1, 0.15) is 49.5 Å². The van der Waals surface area contributed by atoms with Crippen LogP contribution in [-0.2, 0) is 16.6 Å². The molecule has 0 aromatic carbocycles. The third-order valence-electron chi connectivity index (χ3n) is 3.13. The lowest BCUT2D eigenvalue weighted by atomic mass is 10.5.